The molecule has 0 spiro atoms. The van der Waals surface area contributed by atoms with Crippen molar-refractivity contribution < 1.29 is 0 Å². The van der Waals surface area contributed by atoms with Gasteiger partial charge in [0.15, 0.2) is 0 Å². The van der Waals surface area contributed by atoms with E-state index < -0.39 is 44.2 Å². The van der Waals surface area contributed by atoms with Gasteiger partial charge in [-0.1, -0.05) is 0 Å². The van der Waals surface area contributed by atoms with E-state index in [9.17, 15) is 0 Å². The molecule has 6 rings (SSSR count). The van der Waals surface area contributed by atoms with Gasteiger partial charge in [0, 0.05) is 0 Å². The Balaban J connectivity index is 1.43. The maximum atomic E-state index is 2.42. The van der Waals surface area contributed by atoms with Gasteiger partial charge in [0.1, 0.15) is 0 Å². The zero-order valence-corrected chi connectivity index (χ0v) is 19.6. The first kappa shape index (κ1) is 16.4. The molecule has 0 bridgehead atoms. The second-order valence-electron chi connectivity index (χ2n) is 7.73. The van der Waals surface area contributed by atoms with Crippen molar-refractivity contribution >= 4 is 44.2 Å². The molecule has 0 radical (unpaired) electrons. The van der Waals surface area contributed by atoms with Crippen LogP contribution in [0.25, 0.3) is 22.3 Å². The normalized spacial score (nSPS) is 12.7. The van der Waals surface area contributed by atoms with Gasteiger partial charge in [-0.15, -0.1) is 0 Å². The fraction of sp³-hybridized carbons (Fsp3) is 0.0769. The summed E-state index contributed by atoms with van der Waals surface area (Å²) in [6, 6.07) is 31.9. The Hall–Kier alpha value is -1.55. The monoisotopic (exact) mass is 468 g/mol. The molecule has 27 heavy (non-hydrogen) atoms. The van der Waals surface area contributed by atoms with Crippen molar-refractivity contribution in [3.8, 4) is 22.3 Å². The molecule has 0 atom stereocenters. The van der Waals surface area contributed by atoms with Gasteiger partial charge in [0.2, 0.25) is 0 Å². The summed E-state index contributed by atoms with van der Waals surface area (Å²) in [6.07, 6.45) is 2.24. The summed E-state index contributed by atoms with van der Waals surface area (Å²) >= 11 is -1.42. The maximum absolute atomic E-state index is 2.42. The van der Waals surface area contributed by atoms with E-state index in [1.54, 1.807) is 11.2 Å². The van der Waals surface area contributed by atoms with E-state index in [1.807, 2.05) is 0 Å². The van der Waals surface area contributed by atoms with Crippen LogP contribution in [0.15, 0.2) is 84.9 Å². The van der Waals surface area contributed by atoms with E-state index in [4.69, 9.17) is 0 Å². The van der Waals surface area contributed by atoms with Crippen LogP contribution in [-0.4, -0.2) is 44.2 Å². The standard InChI is InChI=1S/2C13H9.Ba/c2*1-3-7-12-10(5-1)9-11-6-2-4-8-13(11)12;/h2*1-5,7-8H,9H2;. The van der Waals surface area contributed by atoms with Crippen LogP contribution >= 0.6 is 0 Å². The van der Waals surface area contributed by atoms with Gasteiger partial charge in [0.05, 0.1) is 0 Å². The molecule has 0 heterocycles. The average Bonchev–Trinajstić information content (AvgIpc) is 3.28. The fourth-order valence-corrected chi connectivity index (χ4v) is 11.2. The minimum absolute atomic E-state index is 1.12. The third kappa shape index (κ3) is 2.63. The summed E-state index contributed by atoms with van der Waals surface area (Å²) in [7, 11) is 0. The van der Waals surface area contributed by atoms with E-state index in [-0.39, 0.29) is 0 Å². The molecular weight excluding hydrogens is 450 g/mol. The van der Waals surface area contributed by atoms with Crippen molar-refractivity contribution in [3.05, 3.63) is 107 Å². The summed E-state index contributed by atoms with van der Waals surface area (Å²) in [6.45, 7) is 0. The Bertz CT molecular complexity index is 1110. The van der Waals surface area contributed by atoms with Crippen LogP contribution in [0.3, 0.4) is 0 Å². The Labute approximate surface area is 184 Å². The first-order chi connectivity index (χ1) is 13.4. The summed E-state index contributed by atoms with van der Waals surface area (Å²) in [5.41, 5.74) is 12.1. The van der Waals surface area contributed by atoms with Crippen molar-refractivity contribution in [3.63, 3.8) is 0 Å². The van der Waals surface area contributed by atoms with Gasteiger partial charge in [0.25, 0.3) is 0 Å². The van der Waals surface area contributed by atoms with Crippen LogP contribution in [0.4, 0.5) is 0 Å². The number of hydrogen-bond donors (Lipinski definition) is 0. The number of rotatable bonds is 2. The number of fused-ring (bicyclic) bond motifs is 6. The molecule has 0 aromatic heterocycles. The summed E-state index contributed by atoms with van der Waals surface area (Å²) < 4.78 is 3.40. The molecule has 2 aliphatic carbocycles. The molecule has 0 nitrogen and oxygen atoms in total. The van der Waals surface area contributed by atoms with Gasteiger partial charge in [-0.05, 0) is 0 Å². The molecule has 2 aliphatic rings. The van der Waals surface area contributed by atoms with Crippen LogP contribution in [0.2, 0.25) is 0 Å². The molecule has 1 heteroatoms. The molecule has 0 saturated heterocycles. The molecule has 4 aromatic carbocycles. The van der Waals surface area contributed by atoms with Gasteiger partial charge >= 0.3 is 187 Å². The second kappa shape index (κ2) is 6.51. The van der Waals surface area contributed by atoms with Gasteiger partial charge < -0.3 is 0 Å². The van der Waals surface area contributed by atoms with Crippen molar-refractivity contribution in [2.24, 2.45) is 0 Å². The molecule has 0 fully saturated rings. The Kier molecular flexibility index (Phi) is 3.96. The van der Waals surface area contributed by atoms with E-state index in [0.717, 1.165) is 12.8 Å². The molecule has 0 N–H and O–H groups in total. The molecule has 124 valence electrons. The van der Waals surface area contributed by atoms with Crippen molar-refractivity contribution in [2.75, 3.05) is 0 Å². The third-order valence-electron chi connectivity index (χ3n) is 6.28. The first-order valence-corrected chi connectivity index (χ1v) is 14.2. The molecule has 0 saturated carbocycles. The summed E-state index contributed by atoms with van der Waals surface area (Å²) in [4.78, 5) is 0. The van der Waals surface area contributed by atoms with E-state index >= 15 is 0 Å². The van der Waals surface area contributed by atoms with E-state index in [1.165, 1.54) is 33.4 Å². The Morgan fingerprint density at radius 3 is 1.41 bits per heavy atom. The van der Waals surface area contributed by atoms with Gasteiger partial charge in [-0.3, -0.25) is 0 Å². The Morgan fingerprint density at radius 2 is 0.889 bits per heavy atom. The van der Waals surface area contributed by atoms with Crippen LogP contribution in [0, 0.1) is 0 Å². The van der Waals surface area contributed by atoms with Crippen LogP contribution < -0.4 is 0.0628 Å². The van der Waals surface area contributed by atoms with Gasteiger partial charge in [-0.2, -0.15) is 0 Å². The average molecular weight is 468 g/mol. The van der Waals surface area contributed by atoms with Crippen LogP contribution in [0.1, 0.15) is 22.3 Å². The molecule has 0 amide bonds. The first-order valence-electron chi connectivity index (χ1n) is 9.76. The van der Waals surface area contributed by atoms with Gasteiger partial charge in [-0.25, -0.2) is 0 Å². The van der Waals surface area contributed by atoms with E-state index in [0.29, 0.717) is 0 Å². The van der Waals surface area contributed by atoms with Crippen molar-refractivity contribution in [1.82, 2.24) is 0 Å². The topological polar surface area (TPSA) is 0 Å². The summed E-state index contributed by atoms with van der Waals surface area (Å²) in [5, 5.41) is 0. The quantitative estimate of drug-likeness (QED) is 0.329. The molecule has 4 aromatic rings. The SMILES string of the molecule is c1ccc2c(c1)Cc1[c]([Ba][c]3cccc4c3Cc3ccccc3-4)cccc1-2. The minimum atomic E-state index is -1.42. The molecule has 0 aliphatic heterocycles. The van der Waals surface area contributed by atoms with Crippen molar-refractivity contribution in [2.45, 2.75) is 12.8 Å². The predicted molar refractivity (Wildman–Crippen MR) is 114 cm³/mol. The van der Waals surface area contributed by atoms with Crippen LogP contribution in [0.5, 0.6) is 0 Å². The van der Waals surface area contributed by atoms with Crippen molar-refractivity contribution in [1.29, 1.82) is 0 Å². The zero-order valence-electron chi connectivity index (χ0n) is 15.2. The molecule has 0 unspecified atom stereocenters. The second-order valence-corrected chi connectivity index (χ2v) is 13.6. The Morgan fingerprint density at radius 1 is 0.444 bits per heavy atom. The summed E-state index contributed by atoms with van der Waals surface area (Å²) in [5.74, 6) is 0. The van der Waals surface area contributed by atoms with E-state index in [2.05, 4.69) is 84.9 Å². The predicted octanol–water partition coefficient (Wildman–Crippen LogP) is 4.48. The number of benzene rings is 4. The fourth-order valence-electron chi connectivity index (χ4n) is 4.98. The number of hydrogen-bond acceptors (Lipinski definition) is 0. The molecular formula is C26H18Ba. The third-order valence-corrected chi connectivity index (χ3v) is 12.8. The zero-order chi connectivity index (χ0) is 17.8. The van der Waals surface area contributed by atoms with Crippen LogP contribution in [-0.2, 0) is 12.8 Å².